The number of ketones is 1. The smallest absolute Gasteiger partial charge is 0.239 e. The Labute approximate surface area is 102 Å². The van der Waals surface area contributed by atoms with Crippen molar-refractivity contribution in [2.24, 2.45) is 11.8 Å². The third kappa shape index (κ3) is 1.78. The zero-order chi connectivity index (χ0) is 12.5. The van der Waals surface area contributed by atoms with Crippen molar-refractivity contribution in [3.8, 4) is 0 Å². The molecule has 0 unspecified atom stereocenters. The van der Waals surface area contributed by atoms with Crippen LogP contribution in [-0.2, 0) is 14.3 Å². The van der Waals surface area contributed by atoms with Crippen LogP contribution >= 0.6 is 0 Å². The Balaban J connectivity index is 2.28. The Morgan fingerprint density at radius 1 is 1.29 bits per heavy atom. The van der Waals surface area contributed by atoms with Crippen molar-refractivity contribution >= 4 is 5.78 Å². The van der Waals surface area contributed by atoms with E-state index in [9.17, 15) is 4.79 Å². The van der Waals surface area contributed by atoms with E-state index in [4.69, 9.17) is 9.47 Å². The molecule has 2 bridgehead atoms. The van der Waals surface area contributed by atoms with Crippen LogP contribution in [0.2, 0.25) is 0 Å². The highest BCUT2D eigenvalue weighted by Crippen LogP contribution is 2.43. The lowest BCUT2D eigenvalue weighted by molar-refractivity contribution is -0.223. The number of carbonyl (C=O) groups is 1. The number of hydrogen-bond acceptors (Lipinski definition) is 3. The number of ether oxygens (including phenoxy) is 2. The normalized spacial score (nSPS) is 29.6. The van der Waals surface area contributed by atoms with Crippen LogP contribution in [0.15, 0.2) is 23.8 Å². The van der Waals surface area contributed by atoms with Crippen molar-refractivity contribution in [1.82, 2.24) is 0 Å². The van der Waals surface area contributed by atoms with Gasteiger partial charge in [-0.15, -0.1) is 0 Å². The molecule has 0 spiro atoms. The molecular formula is C14H20O3. The Morgan fingerprint density at radius 3 is 2.53 bits per heavy atom. The fraction of sp³-hybridized carbons (Fsp3) is 0.643. The van der Waals surface area contributed by atoms with Gasteiger partial charge in [-0.05, 0) is 12.8 Å². The number of allylic oxidation sites excluding steroid dienone is 2. The summed E-state index contributed by atoms with van der Waals surface area (Å²) in [5, 5.41) is 0. The van der Waals surface area contributed by atoms with Crippen LogP contribution in [0.4, 0.5) is 0 Å². The van der Waals surface area contributed by atoms with Crippen molar-refractivity contribution < 1.29 is 14.3 Å². The molecule has 0 heterocycles. The standard InChI is InChI=1S/C14H20O3/c1-4-5-6-10-9-11-7-8-12(10)13(15)14(11,16-2)17-3/h7-9,11-12H,4-6H2,1-3H3/t11-,12-/m1/s1. The maximum absolute atomic E-state index is 12.4. The van der Waals surface area contributed by atoms with E-state index >= 15 is 0 Å². The van der Waals surface area contributed by atoms with Crippen molar-refractivity contribution in [1.29, 1.82) is 0 Å². The first kappa shape index (κ1) is 12.5. The third-order valence-electron chi connectivity index (χ3n) is 3.79. The van der Waals surface area contributed by atoms with Crippen LogP contribution in [0, 0.1) is 11.8 Å². The lowest BCUT2D eigenvalue weighted by atomic mass is 9.70. The predicted molar refractivity (Wildman–Crippen MR) is 65.5 cm³/mol. The van der Waals surface area contributed by atoms with Gasteiger partial charge in [0.15, 0.2) is 0 Å². The minimum absolute atomic E-state index is 0.0450. The second kappa shape index (κ2) is 4.75. The van der Waals surface area contributed by atoms with E-state index in [2.05, 4.69) is 13.0 Å². The maximum atomic E-state index is 12.4. The van der Waals surface area contributed by atoms with Gasteiger partial charge in [-0.3, -0.25) is 4.79 Å². The topological polar surface area (TPSA) is 35.5 Å². The number of Topliss-reactive ketones (excluding diaryl/α,β-unsaturated/α-hetero) is 1. The van der Waals surface area contributed by atoms with Crippen LogP contribution in [0.3, 0.4) is 0 Å². The molecule has 0 amide bonds. The maximum Gasteiger partial charge on any atom is 0.239 e. The molecule has 3 heteroatoms. The van der Waals surface area contributed by atoms with Crippen LogP contribution < -0.4 is 0 Å². The molecule has 3 aliphatic rings. The highest BCUT2D eigenvalue weighted by atomic mass is 16.7. The number of unbranched alkanes of at least 4 members (excludes halogenated alkanes) is 1. The van der Waals surface area contributed by atoms with Crippen molar-refractivity contribution in [3.05, 3.63) is 23.8 Å². The fourth-order valence-electron chi connectivity index (χ4n) is 2.79. The average molecular weight is 236 g/mol. The molecule has 17 heavy (non-hydrogen) atoms. The second-order valence-corrected chi connectivity index (χ2v) is 4.67. The number of fused-ring (bicyclic) bond motifs is 1. The summed E-state index contributed by atoms with van der Waals surface area (Å²) in [7, 11) is 3.07. The van der Waals surface area contributed by atoms with Gasteiger partial charge in [-0.2, -0.15) is 0 Å². The van der Waals surface area contributed by atoms with E-state index in [-0.39, 0.29) is 17.6 Å². The van der Waals surface area contributed by atoms with Gasteiger partial charge in [0.05, 0.1) is 11.8 Å². The molecule has 0 saturated heterocycles. The molecule has 3 aliphatic carbocycles. The Kier molecular flexibility index (Phi) is 3.50. The van der Waals surface area contributed by atoms with E-state index in [1.165, 1.54) is 19.8 Å². The summed E-state index contributed by atoms with van der Waals surface area (Å²) in [6.45, 7) is 2.16. The molecule has 0 saturated carbocycles. The summed E-state index contributed by atoms with van der Waals surface area (Å²) in [5.41, 5.74) is 1.23. The van der Waals surface area contributed by atoms with Crippen LogP contribution in [-0.4, -0.2) is 25.8 Å². The monoisotopic (exact) mass is 236 g/mol. The summed E-state index contributed by atoms with van der Waals surface area (Å²) < 4.78 is 10.7. The predicted octanol–water partition coefficient (Wildman–Crippen LogP) is 2.48. The Bertz CT molecular complexity index is 364. The summed E-state index contributed by atoms with van der Waals surface area (Å²) in [6, 6.07) is 0. The molecule has 0 radical (unpaired) electrons. The van der Waals surface area contributed by atoms with Gasteiger partial charge in [0, 0.05) is 14.2 Å². The first-order chi connectivity index (χ1) is 8.19. The van der Waals surface area contributed by atoms with Gasteiger partial charge in [0.1, 0.15) is 0 Å². The van der Waals surface area contributed by atoms with Crippen molar-refractivity contribution in [2.45, 2.75) is 32.0 Å². The fourth-order valence-corrected chi connectivity index (χ4v) is 2.79. The minimum atomic E-state index is -1.09. The van der Waals surface area contributed by atoms with Gasteiger partial charge in [0.2, 0.25) is 11.6 Å². The van der Waals surface area contributed by atoms with E-state index in [0.717, 1.165) is 19.3 Å². The summed E-state index contributed by atoms with van der Waals surface area (Å²) in [6.07, 6.45) is 9.43. The van der Waals surface area contributed by atoms with Gasteiger partial charge in [-0.1, -0.05) is 37.1 Å². The van der Waals surface area contributed by atoms with E-state index < -0.39 is 5.79 Å². The minimum Gasteiger partial charge on any atom is -0.346 e. The SMILES string of the molecule is CCCCC1=C[C@H]2C=C[C@H]1C(=O)C2(OC)OC. The lowest BCUT2D eigenvalue weighted by Crippen LogP contribution is -2.55. The van der Waals surface area contributed by atoms with E-state index in [1.807, 2.05) is 12.2 Å². The highest BCUT2D eigenvalue weighted by molar-refractivity contribution is 5.95. The second-order valence-electron chi connectivity index (χ2n) is 4.67. The molecule has 0 fully saturated rings. The number of hydrogen-bond donors (Lipinski definition) is 0. The zero-order valence-corrected chi connectivity index (χ0v) is 10.7. The molecule has 0 aromatic carbocycles. The quantitative estimate of drug-likeness (QED) is 0.543. The molecule has 94 valence electrons. The number of methoxy groups -OCH3 is 2. The van der Waals surface area contributed by atoms with Crippen molar-refractivity contribution in [2.75, 3.05) is 14.2 Å². The molecule has 0 N–H and O–H groups in total. The highest BCUT2D eigenvalue weighted by Gasteiger charge is 2.53. The molecule has 3 nitrogen and oxygen atoms in total. The lowest BCUT2D eigenvalue weighted by Gasteiger charge is -2.43. The van der Waals surface area contributed by atoms with Crippen molar-refractivity contribution in [3.63, 3.8) is 0 Å². The molecule has 3 rings (SSSR count). The van der Waals surface area contributed by atoms with E-state index in [1.54, 1.807) is 0 Å². The zero-order valence-electron chi connectivity index (χ0n) is 10.7. The third-order valence-corrected chi connectivity index (χ3v) is 3.79. The Hall–Kier alpha value is -0.930. The van der Waals surface area contributed by atoms with Gasteiger partial charge in [-0.25, -0.2) is 0 Å². The molecule has 0 aromatic heterocycles. The summed E-state index contributed by atoms with van der Waals surface area (Å²) in [5.74, 6) is -1.27. The van der Waals surface area contributed by atoms with Gasteiger partial charge in [0.25, 0.3) is 0 Å². The largest absolute Gasteiger partial charge is 0.346 e. The molecule has 0 aliphatic heterocycles. The van der Waals surface area contributed by atoms with Crippen LogP contribution in [0.25, 0.3) is 0 Å². The van der Waals surface area contributed by atoms with Crippen LogP contribution in [0.1, 0.15) is 26.2 Å². The Morgan fingerprint density at radius 2 is 2.00 bits per heavy atom. The van der Waals surface area contributed by atoms with Gasteiger partial charge >= 0.3 is 0 Å². The van der Waals surface area contributed by atoms with Crippen LogP contribution in [0.5, 0.6) is 0 Å². The first-order valence-electron chi connectivity index (χ1n) is 6.23. The number of carbonyl (C=O) groups excluding carboxylic acids is 1. The summed E-state index contributed by atoms with van der Waals surface area (Å²) in [4.78, 5) is 12.4. The average Bonchev–Trinajstić information content (AvgIpc) is 2.38. The first-order valence-corrected chi connectivity index (χ1v) is 6.23. The van der Waals surface area contributed by atoms with E-state index in [0.29, 0.717) is 0 Å². The molecule has 2 atom stereocenters. The summed E-state index contributed by atoms with van der Waals surface area (Å²) >= 11 is 0. The molecular weight excluding hydrogens is 216 g/mol. The molecule has 0 aromatic rings. The number of rotatable bonds is 5. The van der Waals surface area contributed by atoms with Gasteiger partial charge < -0.3 is 9.47 Å².